The highest BCUT2D eigenvalue weighted by Crippen LogP contribution is 2.39. The van der Waals surface area contributed by atoms with Crippen LogP contribution in [0.3, 0.4) is 0 Å². The lowest BCUT2D eigenvalue weighted by Gasteiger charge is -2.50. The Morgan fingerprint density at radius 2 is 0.785 bits per heavy atom. The molecule has 0 N–H and O–H groups in total. The lowest BCUT2D eigenvalue weighted by molar-refractivity contribution is -0.384. The fourth-order valence-corrected chi connectivity index (χ4v) is 8.80. The molecule has 0 aromatic heterocycles. The van der Waals surface area contributed by atoms with Crippen LogP contribution in [0.1, 0.15) is 70.6 Å². The van der Waals surface area contributed by atoms with Crippen molar-refractivity contribution in [2.75, 3.05) is 31.7 Å². The molecule has 3 aliphatic rings. The second-order valence-corrected chi connectivity index (χ2v) is 18.8. The van der Waals surface area contributed by atoms with E-state index in [2.05, 4.69) is 15.9 Å². The zero-order valence-corrected chi connectivity index (χ0v) is 45.9. The normalized spacial score (nSPS) is 29.6. The smallest absolute Gasteiger partial charge is 0.303 e. The highest BCUT2D eigenvalue weighted by atomic mass is 79.9. The van der Waals surface area contributed by atoms with Crippen LogP contribution in [0.4, 0.5) is 0 Å². The molecule has 3 aliphatic heterocycles. The Morgan fingerprint density at radius 3 is 1.22 bits per heavy atom. The largest absolute Gasteiger partial charge is 0.463 e. The summed E-state index contributed by atoms with van der Waals surface area (Å²) in [6.07, 6.45) is -28.5. The second-order valence-electron chi connectivity index (χ2n) is 18.0. The van der Waals surface area contributed by atoms with Crippen molar-refractivity contribution in [2.24, 2.45) is 0 Å². The minimum absolute atomic E-state index is 0.0227. The second kappa shape index (κ2) is 31.2. The van der Waals surface area contributed by atoms with Crippen LogP contribution >= 0.6 is 15.9 Å². The maximum absolute atomic E-state index is 13.5. The molecular weight excluding hydrogens is 1110 g/mol. The molecular formula is C55H67BrO23. The number of carbonyl (C=O) groups is 7. The van der Waals surface area contributed by atoms with Gasteiger partial charge in [-0.3, -0.25) is 33.6 Å². The zero-order valence-electron chi connectivity index (χ0n) is 48.3. The summed E-state index contributed by atoms with van der Waals surface area (Å²) in [5.74, 6) is -8.03. The minimum atomic E-state index is -3.41. The van der Waals surface area contributed by atoms with Gasteiger partial charge >= 0.3 is 41.8 Å². The van der Waals surface area contributed by atoms with E-state index in [1.54, 1.807) is 24.3 Å². The van der Waals surface area contributed by atoms with E-state index < -0.39 is 147 Å². The molecule has 23 nitrogen and oxygen atoms in total. The van der Waals surface area contributed by atoms with Gasteiger partial charge in [-0.15, -0.1) is 0 Å². The Balaban J connectivity index is 1.54. The van der Waals surface area contributed by atoms with Crippen molar-refractivity contribution < 1.29 is 115 Å². The molecule has 3 aromatic carbocycles. The molecule has 15 atom stereocenters. The first-order chi connectivity index (χ1) is 39.4. The van der Waals surface area contributed by atoms with Gasteiger partial charge in [0, 0.05) is 53.8 Å². The number of benzene rings is 3. The maximum atomic E-state index is 13.5. The van der Waals surface area contributed by atoms with Crippen LogP contribution in [0, 0.1) is 0 Å². The Kier molecular flexibility index (Phi) is 22.2. The summed E-state index contributed by atoms with van der Waals surface area (Å²) >= 11 is 3.42. The Labute approximate surface area is 470 Å². The van der Waals surface area contributed by atoms with Crippen LogP contribution in [0.25, 0.3) is 0 Å². The van der Waals surface area contributed by atoms with E-state index in [9.17, 15) is 36.3 Å². The van der Waals surface area contributed by atoms with Crippen LogP contribution < -0.4 is 0 Å². The van der Waals surface area contributed by atoms with E-state index in [0.29, 0.717) is 10.9 Å². The number of rotatable bonds is 26. The van der Waals surface area contributed by atoms with Crippen molar-refractivity contribution in [1.29, 1.82) is 0 Å². The molecule has 432 valence electrons. The first kappa shape index (κ1) is 56.3. The first-order valence-electron chi connectivity index (χ1n) is 27.0. The molecule has 0 saturated carbocycles. The molecule has 3 saturated heterocycles. The highest BCUT2D eigenvalue weighted by molar-refractivity contribution is 9.09. The molecule has 3 fully saturated rings. The molecule has 0 bridgehead atoms. The van der Waals surface area contributed by atoms with Gasteiger partial charge in [-0.2, -0.15) is 0 Å². The fourth-order valence-electron chi connectivity index (χ4n) is 8.61. The van der Waals surface area contributed by atoms with Crippen molar-refractivity contribution in [3.05, 3.63) is 108 Å². The maximum Gasteiger partial charge on any atom is 0.303 e. The number of hydrogen-bond donors (Lipinski definition) is 0. The van der Waals surface area contributed by atoms with Gasteiger partial charge in [-0.1, -0.05) is 107 Å². The molecule has 0 aliphatic carbocycles. The topological polar surface area (TPSA) is 267 Å². The number of halogens is 1. The zero-order chi connectivity index (χ0) is 60.6. The summed E-state index contributed by atoms with van der Waals surface area (Å²) in [5, 5.41) is 0.361. The summed E-state index contributed by atoms with van der Waals surface area (Å²) in [4.78, 5) is 90.6. The number of hydrogen-bond acceptors (Lipinski definition) is 23. The van der Waals surface area contributed by atoms with E-state index in [1.165, 1.54) is 0 Å². The number of esters is 7. The van der Waals surface area contributed by atoms with Gasteiger partial charge < -0.3 is 75.8 Å². The van der Waals surface area contributed by atoms with E-state index in [1.807, 2.05) is 66.7 Å². The SMILES string of the molecule is [2H]C([2H])(OC(C)=O)[C@H]1O[C@H](O[C@@H]2[C@H](OC(C)=O)[C@@H](OC(C)=O)[C@H](O[C@H]3[C@H](OCc4ccccc4)[C@@H](OCc4ccccc4)[C@H](OCCBr)O[C@@H]3COCc3ccccc3)O[C@@H]2C([2H])([2H])OC(C)=O)[C@H](OC(C)=O)[C@@H](OC(C)=O)[C@H]1OC(C)=O. The molecule has 0 unspecified atom stereocenters. The molecule has 79 heavy (non-hydrogen) atoms. The fraction of sp³-hybridized carbons (Fsp3) is 0.545. The lowest BCUT2D eigenvalue weighted by Crippen LogP contribution is -2.68. The molecule has 0 amide bonds. The van der Waals surface area contributed by atoms with Crippen molar-refractivity contribution >= 4 is 57.7 Å². The predicted octanol–water partition coefficient (Wildman–Crippen LogP) is 4.52. The average Bonchev–Trinajstić information content (AvgIpc) is 2.27. The molecule has 3 heterocycles. The van der Waals surface area contributed by atoms with Gasteiger partial charge in [-0.25, -0.2) is 0 Å². The van der Waals surface area contributed by atoms with Crippen molar-refractivity contribution in [1.82, 2.24) is 0 Å². The van der Waals surface area contributed by atoms with Gasteiger partial charge in [0.2, 0.25) is 0 Å². The predicted molar refractivity (Wildman–Crippen MR) is 273 cm³/mol. The van der Waals surface area contributed by atoms with Gasteiger partial charge in [0.05, 0.1) is 38.5 Å². The summed E-state index contributed by atoms with van der Waals surface area (Å²) in [6, 6.07) is 27.3. The number of carbonyl (C=O) groups excluding carboxylic acids is 7. The summed E-state index contributed by atoms with van der Waals surface area (Å²) in [5.41, 5.74) is 2.21. The number of ether oxygens (including phenoxy) is 16. The minimum Gasteiger partial charge on any atom is -0.463 e. The summed E-state index contributed by atoms with van der Waals surface area (Å²) in [6.45, 7) is -0.664. The first-order valence-corrected chi connectivity index (χ1v) is 26.1. The monoisotopic (exact) mass is 1180 g/mol. The van der Waals surface area contributed by atoms with Crippen LogP contribution in [-0.2, 0) is 129 Å². The highest BCUT2D eigenvalue weighted by Gasteiger charge is 2.59. The van der Waals surface area contributed by atoms with Crippen LogP contribution in [0.2, 0.25) is 0 Å². The Morgan fingerprint density at radius 1 is 0.418 bits per heavy atom. The van der Waals surface area contributed by atoms with Crippen LogP contribution in [-0.4, -0.2) is 166 Å². The van der Waals surface area contributed by atoms with E-state index in [-0.39, 0.29) is 33.0 Å². The third-order valence-electron chi connectivity index (χ3n) is 11.6. The van der Waals surface area contributed by atoms with Gasteiger partial charge in [-0.05, 0) is 16.7 Å². The summed E-state index contributed by atoms with van der Waals surface area (Å²) in [7, 11) is 0. The van der Waals surface area contributed by atoms with Gasteiger partial charge in [0.1, 0.15) is 55.8 Å². The summed E-state index contributed by atoms with van der Waals surface area (Å²) < 4.78 is 133. The van der Waals surface area contributed by atoms with Crippen molar-refractivity contribution in [3.8, 4) is 0 Å². The third-order valence-corrected chi connectivity index (χ3v) is 12.0. The van der Waals surface area contributed by atoms with Gasteiger partial charge in [0.15, 0.2) is 49.4 Å². The Bertz CT molecular complexity index is 2630. The molecule has 6 rings (SSSR count). The quantitative estimate of drug-likeness (QED) is 0.0607. The van der Waals surface area contributed by atoms with Crippen LogP contribution in [0.15, 0.2) is 91.0 Å². The molecule has 0 spiro atoms. The van der Waals surface area contributed by atoms with E-state index >= 15 is 0 Å². The van der Waals surface area contributed by atoms with Gasteiger partial charge in [0.25, 0.3) is 0 Å². The molecule has 24 heteroatoms. The standard InChI is InChI=1S/C55H67BrO23/c1-31(57)66-29-42-45(70-33(3)59)48(71-34(4)60)51(73-36(6)62)55(76-42)79-46-43(30-67-32(2)58)77-54(52(74-37(7)63)49(46)72-35(5)61)78-44-41(28-64-25-38-17-11-8-12-18-38)75-53(65-24-23-56)50(69-27-40-21-15-10-16-22-40)47(44)68-26-39-19-13-9-14-20-39/h8-22,41-55H,23-30H2,1-7H3/t41-,42-,43-,44-,45+,46+,47+,48+,49+,50-,51-,52-,53-,54+,55-/m1/s1/i29D2,30D2. The average molecular weight is 1180 g/mol. The van der Waals surface area contributed by atoms with E-state index in [0.717, 1.165) is 59.6 Å². The number of alkyl halides is 1. The lowest BCUT2D eigenvalue weighted by atomic mass is 9.95. The van der Waals surface area contributed by atoms with Crippen molar-refractivity contribution in [2.45, 2.75) is 160 Å². The van der Waals surface area contributed by atoms with Crippen molar-refractivity contribution in [3.63, 3.8) is 0 Å². The molecule has 3 aromatic rings. The van der Waals surface area contributed by atoms with Crippen LogP contribution in [0.5, 0.6) is 0 Å². The molecule has 0 radical (unpaired) electrons. The Hall–Kier alpha value is -5.93. The van der Waals surface area contributed by atoms with E-state index in [4.69, 9.17) is 78.5 Å². The third kappa shape index (κ3) is 19.1.